The number of aliphatic hydroxyl groups excluding tert-OH is 1. The number of aliphatic hydroxyl groups is 1. The zero-order valence-corrected chi connectivity index (χ0v) is 5.87. The Bertz CT molecular complexity index is 179. The Morgan fingerprint density at radius 1 is 1.78 bits per heavy atom. The van der Waals surface area contributed by atoms with Gasteiger partial charge in [0.2, 0.25) is 0 Å². The van der Waals surface area contributed by atoms with Crippen molar-refractivity contribution in [3.05, 3.63) is 10.6 Å². The van der Waals surface area contributed by atoms with Gasteiger partial charge in [-0.15, -0.1) is 0 Å². The number of carbonyl (C=O) groups excluding carboxylic acids is 1. The van der Waals surface area contributed by atoms with Gasteiger partial charge >= 0.3 is 0 Å². The highest BCUT2D eigenvalue weighted by Gasteiger charge is 2.27. The van der Waals surface area contributed by atoms with Gasteiger partial charge in [0, 0.05) is 0 Å². The zero-order chi connectivity index (χ0) is 7.02. The Morgan fingerprint density at radius 3 is 2.44 bits per heavy atom. The van der Waals surface area contributed by atoms with E-state index in [9.17, 15) is 4.79 Å². The quantitative estimate of drug-likeness (QED) is 0.525. The molecule has 1 aliphatic rings. The van der Waals surface area contributed by atoms with Gasteiger partial charge in [0.05, 0.1) is 4.48 Å². The molecule has 0 aromatic heterocycles. The number of carbonyl (C=O) groups is 1. The van der Waals surface area contributed by atoms with Crippen molar-refractivity contribution in [2.75, 3.05) is 0 Å². The zero-order valence-electron chi connectivity index (χ0n) is 4.28. The van der Waals surface area contributed by atoms with E-state index in [4.69, 9.17) is 10.3 Å². The number of rotatable bonds is 0. The Kier molecular flexibility index (Phi) is 1.56. The molecule has 0 spiro atoms. The van der Waals surface area contributed by atoms with E-state index in [1.54, 1.807) is 0 Å². The molecule has 2 N–H and O–H groups in total. The van der Waals surface area contributed by atoms with E-state index in [2.05, 4.69) is 15.9 Å². The Hall–Kier alpha value is -0.390. The van der Waals surface area contributed by atoms with Crippen molar-refractivity contribution >= 4 is 21.8 Å². The van der Waals surface area contributed by atoms with Crippen LogP contribution in [0.4, 0.5) is 0 Å². The second-order valence-corrected chi connectivity index (χ2v) is 2.43. The standard InChI is InChI=1S/C4H4BrNO3/c5-2-1-3(7)6(9)4(2)8/h1,3,7,9H. The molecule has 0 saturated heterocycles. The summed E-state index contributed by atoms with van der Waals surface area (Å²) >= 11 is 2.83. The van der Waals surface area contributed by atoms with Crippen molar-refractivity contribution in [2.45, 2.75) is 6.23 Å². The Morgan fingerprint density at radius 2 is 2.33 bits per heavy atom. The summed E-state index contributed by atoms with van der Waals surface area (Å²) in [5.41, 5.74) is 0. The molecule has 0 aromatic rings. The van der Waals surface area contributed by atoms with E-state index in [-0.39, 0.29) is 9.55 Å². The second kappa shape index (κ2) is 2.09. The molecule has 4 nitrogen and oxygen atoms in total. The highest BCUT2D eigenvalue weighted by Crippen LogP contribution is 2.18. The monoisotopic (exact) mass is 193 g/mol. The molecular formula is C4H4BrNO3. The van der Waals surface area contributed by atoms with Gasteiger partial charge in [-0.3, -0.25) is 10.0 Å². The highest BCUT2D eigenvalue weighted by atomic mass is 79.9. The van der Waals surface area contributed by atoms with E-state index in [0.29, 0.717) is 0 Å². The van der Waals surface area contributed by atoms with Gasteiger partial charge in [0.15, 0.2) is 6.23 Å². The molecule has 0 radical (unpaired) electrons. The maximum absolute atomic E-state index is 10.5. The van der Waals surface area contributed by atoms with Crippen LogP contribution in [0.25, 0.3) is 0 Å². The number of hydrogen-bond donors (Lipinski definition) is 2. The normalized spacial score (nSPS) is 27.0. The average molecular weight is 194 g/mol. The molecule has 0 aliphatic carbocycles. The minimum atomic E-state index is -1.20. The Balaban J connectivity index is 2.82. The van der Waals surface area contributed by atoms with E-state index >= 15 is 0 Å². The van der Waals surface area contributed by atoms with Crippen LogP contribution in [0.15, 0.2) is 10.6 Å². The van der Waals surface area contributed by atoms with Crippen LogP contribution in [0.2, 0.25) is 0 Å². The molecule has 0 fully saturated rings. The van der Waals surface area contributed by atoms with Gasteiger partial charge < -0.3 is 5.11 Å². The van der Waals surface area contributed by atoms with Gasteiger partial charge in [-0.2, -0.15) is 5.06 Å². The van der Waals surface area contributed by atoms with Crippen molar-refractivity contribution in [1.82, 2.24) is 5.06 Å². The lowest BCUT2D eigenvalue weighted by molar-refractivity contribution is -0.185. The lowest BCUT2D eigenvalue weighted by Crippen LogP contribution is -2.30. The molecular weight excluding hydrogens is 190 g/mol. The van der Waals surface area contributed by atoms with Crippen LogP contribution in [0.1, 0.15) is 0 Å². The molecule has 1 rings (SSSR count). The number of nitrogens with zero attached hydrogens (tertiary/aromatic N) is 1. The molecule has 1 amide bonds. The van der Waals surface area contributed by atoms with Gasteiger partial charge in [-0.1, -0.05) is 0 Å². The largest absolute Gasteiger partial charge is 0.368 e. The lowest BCUT2D eigenvalue weighted by Gasteiger charge is -2.09. The molecule has 5 heteroatoms. The van der Waals surface area contributed by atoms with Crippen LogP contribution in [-0.4, -0.2) is 27.5 Å². The predicted octanol–water partition coefficient (Wildman–Crippen LogP) is -0.185. The van der Waals surface area contributed by atoms with Crippen LogP contribution >= 0.6 is 15.9 Å². The summed E-state index contributed by atoms with van der Waals surface area (Å²) in [5.74, 6) is -0.623. The molecule has 0 saturated carbocycles. The SMILES string of the molecule is O=C1C(Br)=CC(O)N1O. The average Bonchev–Trinajstić information content (AvgIpc) is 1.98. The van der Waals surface area contributed by atoms with Crippen molar-refractivity contribution < 1.29 is 15.1 Å². The summed E-state index contributed by atoms with van der Waals surface area (Å²) in [5, 5.41) is 17.5. The molecule has 1 atom stereocenters. The highest BCUT2D eigenvalue weighted by molar-refractivity contribution is 9.12. The van der Waals surface area contributed by atoms with Crippen LogP contribution in [0, 0.1) is 0 Å². The maximum Gasteiger partial charge on any atom is 0.286 e. The third-order valence-corrected chi connectivity index (χ3v) is 1.56. The number of amides is 1. The van der Waals surface area contributed by atoms with E-state index in [0.717, 1.165) is 0 Å². The summed E-state index contributed by atoms with van der Waals surface area (Å²) in [6.45, 7) is 0. The van der Waals surface area contributed by atoms with Crippen LogP contribution in [0.5, 0.6) is 0 Å². The predicted molar refractivity (Wildman–Crippen MR) is 31.6 cm³/mol. The fourth-order valence-corrected chi connectivity index (χ4v) is 0.920. The third kappa shape index (κ3) is 0.983. The molecule has 1 aliphatic heterocycles. The fraction of sp³-hybridized carbons (Fsp3) is 0.250. The van der Waals surface area contributed by atoms with Crippen LogP contribution < -0.4 is 0 Å². The summed E-state index contributed by atoms with van der Waals surface area (Å²) in [7, 11) is 0. The first-order valence-corrected chi connectivity index (χ1v) is 3.00. The van der Waals surface area contributed by atoms with Gasteiger partial charge in [0.1, 0.15) is 0 Å². The van der Waals surface area contributed by atoms with Gasteiger partial charge in [0.25, 0.3) is 5.91 Å². The smallest absolute Gasteiger partial charge is 0.286 e. The van der Waals surface area contributed by atoms with Gasteiger partial charge in [-0.25, -0.2) is 0 Å². The number of hydrogen-bond acceptors (Lipinski definition) is 3. The summed E-state index contributed by atoms with van der Waals surface area (Å²) in [6, 6.07) is 0. The van der Waals surface area contributed by atoms with Crippen molar-refractivity contribution in [3.8, 4) is 0 Å². The van der Waals surface area contributed by atoms with E-state index in [1.165, 1.54) is 6.08 Å². The molecule has 0 aromatic carbocycles. The first kappa shape index (κ1) is 6.73. The lowest BCUT2D eigenvalue weighted by atomic mass is 10.5. The molecule has 50 valence electrons. The van der Waals surface area contributed by atoms with Crippen LogP contribution in [0.3, 0.4) is 0 Å². The molecule has 0 bridgehead atoms. The minimum Gasteiger partial charge on any atom is -0.368 e. The summed E-state index contributed by atoms with van der Waals surface area (Å²) in [6.07, 6.45) is -0.00521. The summed E-state index contributed by atoms with van der Waals surface area (Å²) in [4.78, 5) is 10.5. The first-order chi connectivity index (χ1) is 4.13. The molecule has 1 unspecified atom stereocenters. The molecule has 9 heavy (non-hydrogen) atoms. The first-order valence-electron chi connectivity index (χ1n) is 2.21. The third-order valence-electron chi connectivity index (χ3n) is 0.958. The van der Waals surface area contributed by atoms with E-state index in [1.807, 2.05) is 0 Å². The van der Waals surface area contributed by atoms with Crippen molar-refractivity contribution in [1.29, 1.82) is 0 Å². The second-order valence-electron chi connectivity index (χ2n) is 1.58. The number of hydroxylamine groups is 2. The maximum atomic E-state index is 10.5. The number of halogens is 1. The molecule has 1 heterocycles. The minimum absolute atomic E-state index is 0.178. The van der Waals surface area contributed by atoms with E-state index < -0.39 is 12.1 Å². The van der Waals surface area contributed by atoms with Crippen molar-refractivity contribution in [2.24, 2.45) is 0 Å². The van der Waals surface area contributed by atoms with Crippen molar-refractivity contribution in [3.63, 3.8) is 0 Å². The van der Waals surface area contributed by atoms with Crippen LogP contribution in [-0.2, 0) is 4.79 Å². The Labute approximate surface area is 59.5 Å². The van der Waals surface area contributed by atoms with Gasteiger partial charge in [-0.05, 0) is 22.0 Å². The topological polar surface area (TPSA) is 60.8 Å². The fourth-order valence-electron chi connectivity index (χ4n) is 0.502. The summed E-state index contributed by atoms with van der Waals surface area (Å²) < 4.78 is 0.178.